The average Bonchev–Trinajstić information content (AvgIpc) is 2.97. The first kappa shape index (κ1) is 16.7. The van der Waals surface area contributed by atoms with Gasteiger partial charge in [-0.3, -0.25) is 14.6 Å². The molecule has 24 heavy (non-hydrogen) atoms. The van der Waals surface area contributed by atoms with Crippen LogP contribution in [0.1, 0.15) is 5.56 Å². The molecule has 1 aromatic rings. The van der Waals surface area contributed by atoms with Gasteiger partial charge in [-0.2, -0.15) is 0 Å². The quantitative estimate of drug-likeness (QED) is 0.819. The van der Waals surface area contributed by atoms with E-state index in [2.05, 4.69) is 10.2 Å². The molecule has 0 aliphatic carbocycles. The van der Waals surface area contributed by atoms with Gasteiger partial charge < -0.3 is 14.8 Å². The summed E-state index contributed by atoms with van der Waals surface area (Å²) in [4.78, 5) is 28.1. The number of hydrogen-bond donors (Lipinski definition) is 1. The van der Waals surface area contributed by atoms with Crippen molar-refractivity contribution in [1.29, 1.82) is 0 Å². The molecule has 2 aliphatic heterocycles. The molecule has 7 heteroatoms. The highest BCUT2D eigenvalue weighted by Gasteiger charge is 2.37. The molecule has 1 N–H and O–H groups in total. The lowest BCUT2D eigenvalue weighted by molar-refractivity contribution is -0.125. The largest absolute Gasteiger partial charge is 0.447 e. The van der Waals surface area contributed by atoms with Gasteiger partial charge in [0, 0.05) is 26.2 Å². The Kier molecular flexibility index (Phi) is 5.66. The van der Waals surface area contributed by atoms with Crippen LogP contribution in [0.2, 0.25) is 0 Å². The monoisotopic (exact) mass is 333 g/mol. The number of morpholine rings is 1. The number of benzene rings is 1. The Morgan fingerprint density at radius 1 is 1.21 bits per heavy atom. The van der Waals surface area contributed by atoms with Crippen molar-refractivity contribution in [3.8, 4) is 0 Å². The molecule has 0 saturated carbocycles. The van der Waals surface area contributed by atoms with E-state index in [0.717, 1.165) is 38.4 Å². The van der Waals surface area contributed by atoms with Gasteiger partial charge in [-0.15, -0.1) is 0 Å². The van der Waals surface area contributed by atoms with E-state index in [1.54, 1.807) is 0 Å². The Hall–Kier alpha value is -2.12. The van der Waals surface area contributed by atoms with Crippen molar-refractivity contribution in [2.75, 3.05) is 46.0 Å². The SMILES string of the molecule is O=C(NCCN1CCOCC1)[C@@H]1COC(=O)N1Cc1ccccc1. The van der Waals surface area contributed by atoms with Crippen LogP contribution in [0.15, 0.2) is 30.3 Å². The third-order valence-electron chi connectivity index (χ3n) is 4.30. The summed E-state index contributed by atoms with van der Waals surface area (Å²) in [5.74, 6) is -0.162. The van der Waals surface area contributed by atoms with Crippen LogP contribution in [-0.4, -0.2) is 73.8 Å². The second-order valence-corrected chi connectivity index (χ2v) is 5.95. The van der Waals surface area contributed by atoms with E-state index >= 15 is 0 Å². The molecule has 130 valence electrons. The molecule has 2 aliphatic rings. The molecule has 3 rings (SSSR count). The van der Waals surface area contributed by atoms with Gasteiger partial charge in [-0.05, 0) is 5.56 Å². The first-order valence-corrected chi connectivity index (χ1v) is 8.29. The van der Waals surface area contributed by atoms with Crippen LogP contribution >= 0.6 is 0 Å². The van der Waals surface area contributed by atoms with Crippen LogP contribution in [0.3, 0.4) is 0 Å². The number of hydrogen-bond acceptors (Lipinski definition) is 5. The van der Waals surface area contributed by atoms with Gasteiger partial charge in [0.1, 0.15) is 12.6 Å². The molecule has 2 saturated heterocycles. The highest BCUT2D eigenvalue weighted by molar-refractivity contribution is 5.87. The molecule has 2 fully saturated rings. The predicted molar refractivity (Wildman–Crippen MR) is 87.4 cm³/mol. The summed E-state index contributed by atoms with van der Waals surface area (Å²) < 4.78 is 10.4. The third kappa shape index (κ3) is 4.24. The summed E-state index contributed by atoms with van der Waals surface area (Å²) in [7, 11) is 0. The van der Waals surface area contributed by atoms with Crippen molar-refractivity contribution in [3.63, 3.8) is 0 Å². The predicted octanol–water partition coefficient (Wildman–Crippen LogP) is 0.456. The molecule has 7 nitrogen and oxygen atoms in total. The summed E-state index contributed by atoms with van der Waals surface area (Å²) in [6, 6.07) is 9.03. The Bertz CT molecular complexity index is 560. The van der Waals surface area contributed by atoms with Gasteiger partial charge in [0.05, 0.1) is 19.8 Å². The molecule has 2 heterocycles. The van der Waals surface area contributed by atoms with Gasteiger partial charge in [0.2, 0.25) is 5.91 Å². The second-order valence-electron chi connectivity index (χ2n) is 5.95. The summed E-state index contributed by atoms with van der Waals surface area (Å²) >= 11 is 0. The van der Waals surface area contributed by atoms with Crippen molar-refractivity contribution < 1.29 is 19.1 Å². The van der Waals surface area contributed by atoms with Crippen LogP contribution in [0.4, 0.5) is 4.79 Å². The number of carbonyl (C=O) groups is 2. The fourth-order valence-electron chi connectivity index (χ4n) is 2.90. The van der Waals surface area contributed by atoms with Gasteiger partial charge >= 0.3 is 6.09 Å². The highest BCUT2D eigenvalue weighted by Crippen LogP contribution is 2.16. The molecule has 1 atom stereocenters. The normalized spacial score (nSPS) is 21.6. The van der Waals surface area contributed by atoms with Crippen LogP contribution in [0.25, 0.3) is 0 Å². The zero-order valence-corrected chi connectivity index (χ0v) is 13.6. The molecule has 0 radical (unpaired) electrons. The molecule has 0 aromatic heterocycles. The topological polar surface area (TPSA) is 71.1 Å². The highest BCUT2D eigenvalue weighted by atomic mass is 16.6. The zero-order valence-electron chi connectivity index (χ0n) is 13.6. The number of nitrogens with one attached hydrogen (secondary N) is 1. The Morgan fingerprint density at radius 2 is 1.96 bits per heavy atom. The Morgan fingerprint density at radius 3 is 2.71 bits per heavy atom. The molecule has 1 aromatic carbocycles. The van der Waals surface area contributed by atoms with Crippen LogP contribution in [0.5, 0.6) is 0 Å². The summed E-state index contributed by atoms with van der Waals surface area (Å²) in [6.07, 6.45) is -0.438. The maximum absolute atomic E-state index is 12.4. The van der Waals surface area contributed by atoms with Crippen molar-refractivity contribution in [1.82, 2.24) is 15.1 Å². The van der Waals surface area contributed by atoms with E-state index in [0.29, 0.717) is 13.1 Å². The lowest BCUT2D eigenvalue weighted by Gasteiger charge is -2.27. The zero-order chi connectivity index (χ0) is 16.8. The lowest BCUT2D eigenvalue weighted by atomic mass is 10.2. The van der Waals surface area contributed by atoms with Gasteiger partial charge in [0.15, 0.2) is 0 Å². The van der Waals surface area contributed by atoms with Crippen molar-refractivity contribution >= 4 is 12.0 Å². The van der Waals surface area contributed by atoms with Gasteiger partial charge in [-0.1, -0.05) is 30.3 Å². The molecule has 0 bridgehead atoms. The first-order chi connectivity index (χ1) is 11.7. The van der Waals surface area contributed by atoms with Crippen molar-refractivity contribution in [3.05, 3.63) is 35.9 Å². The van der Waals surface area contributed by atoms with Crippen molar-refractivity contribution in [2.24, 2.45) is 0 Å². The lowest BCUT2D eigenvalue weighted by Crippen LogP contribution is -2.48. The fourth-order valence-corrected chi connectivity index (χ4v) is 2.90. The minimum Gasteiger partial charge on any atom is -0.447 e. The number of carbonyl (C=O) groups excluding carboxylic acids is 2. The average molecular weight is 333 g/mol. The molecular weight excluding hydrogens is 310 g/mol. The standard InChI is InChI=1S/C17H23N3O4/c21-16(18-6-7-19-8-10-23-11-9-19)15-13-24-17(22)20(15)12-14-4-2-1-3-5-14/h1-5,15H,6-13H2,(H,18,21)/t15-/m0/s1. The second kappa shape index (κ2) is 8.12. The van der Waals surface area contributed by atoms with E-state index in [1.807, 2.05) is 30.3 Å². The summed E-state index contributed by atoms with van der Waals surface area (Å²) in [6.45, 7) is 5.09. The van der Waals surface area contributed by atoms with Crippen LogP contribution in [0, 0.1) is 0 Å². The molecule has 0 spiro atoms. The number of rotatable bonds is 6. The maximum Gasteiger partial charge on any atom is 0.410 e. The van der Waals surface area contributed by atoms with Crippen LogP contribution < -0.4 is 5.32 Å². The Labute approximate surface area is 141 Å². The fraction of sp³-hybridized carbons (Fsp3) is 0.529. The van der Waals surface area contributed by atoms with Gasteiger partial charge in [-0.25, -0.2) is 4.79 Å². The van der Waals surface area contributed by atoms with Gasteiger partial charge in [0.25, 0.3) is 0 Å². The molecule has 0 unspecified atom stereocenters. The number of ether oxygens (including phenoxy) is 2. The number of amides is 2. The van der Waals surface area contributed by atoms with Crippen LogP contribution in [-0.2, 0) is 20.8 Å². The number of cyclic esters (lactones) is 1. The maximum atomic E-state index is 12.4. The first-order valence-electron chi connectivity index (χ1n) is 8.29. The molecular formula is C17H23N3O4. The summed E-state index contributed by atoms with van der Waals surface area (Å²) in [5, 5.41) is 2.91. The van der Waals surface area contributed by atoms with E-state index < -0.39 is 12.1 Å². The molecule has 2 amide bonds. The van der Waals surface area contributed by atoms with E-state index in [1.165, 1.54) is 4.90 Å². The minimum absolute atomic E-state index is 0.106. The summed E-state index contributed by atoms with van der Waals surface area (Å²) in [5.41, 5.74) is 0.975. The smallest absolute Gasteiger partial charge is 0.410 e. The van der Waals surface area contributed by atoms with E-state index in [4.69, 9.17) is 9.47 Å². The minimum atomic E-state index is -0.567. The Balaban J connectivity index is 1.50. The van der Waals surface area contributed by atoms with E-state index in [-0.39, 0.29) is 12.5 Å². The van der Waals surface area contributed by atoms with E-state index in [9.17, 15) is 9.59 Å². The third-order valence-corrected chi connectivity index (χ3v) is 4.30. The number of nitrogens with zero attached hydrogens (tertiary/aromatic N) is 2. The van der Waals surface area contributed by atoms with Crippen molar-refractivity contribution in [2.45, 2.75) is 12.6 Å².